The van der Waals surface area contributed by atoms with Crippen molar-refractivity contribution < 1.29 is 19.1 Å². The fraction of sp³-hybridized carbons (Fsp3) is 0.231. The van der Waals surface area contributed by atoms with Crippen molar-refractivity contribution in [3.05, 3.63) is 83.1 Å². The van der Waals surface area contributed by atoms with Crippen LogP contribution in [0, 0.1) is 0 Å². The smallest absolute Gasteiger partial charge is 0.339 e. The molecule has 4 rings (SSSR count). The van der Waals surface area contributed by atoms with Gasteiger partial charge in [-0.25, -0.2) is 14.6 Å². The zero-order valence-corrected chi connectivity index (χ0v) is 22.1. The molecule has 1 aromatic heterocycles. The number of halogens is 1. The van der Waals surface area contributed by atoms with Crippen LogP contribution in [0.2, 0.25) is 5.02 Å². The van der Waals surface area contributed by atoms with E-state index in [1.807, 2.05) is 37.4 Å². The number of urea groups is 1. The zero-order chi connectivity index (χ0) is 26.4. The molecular formula is C26H26ClN5O4S. The number of benzene rings is 2. The normalized spacial score (nSPS) is 15.3. The number of aromatic nitrogens is 1. The van der Waals surface area contributed by atoms with E-state index in [0.717, 1.165) is 11.3 Å². The number of hydrogen-bond acceptors (Lipinski definition) is 8. The Bertz CT molecular complexity index is 1290. The van der Waals surface area contributed by atoms with Gasteiger partial charge in [0.2, 0.25) is 5.96 Å². The van der Waals surface area contributed by atoms with E-state index in [9.17, 15) is 9.59 Å². The molecule has 3 aromatic rings. The maximum Gasteiger partial charge on any atom is 0.339 e. The Balaban J connectivity index is 1.53. The number of pyridine rings is 1. The molecule has 0 fully saturated rings. The average Bonchev–Trinajstić information content (AvgIpc) is 2.92. The number of guanidine groups is 1. The fourth-order valence-electron chi connectivity index (χ4n) is 3.65. The molecule has 1 aliphatic rings. The summed E-state index contributed by atoms with van der Waals surface area (Å²) >= 11 is 7.52. The van der Waals surface area contributed by atoms with Gasteiger partial charge in [-0.2, -0.15) is 0 Å². The quantitative estimate of drug-likeness (QED) is 0.367. The van der Waals surface area contributed by atoms with Gasteiger partial charge in [0.05, 0.1) is 25.4 Å². The first-order valence-electron chi connectivity index (χ1n) is 11.4. The first kappa shape index (κ1) is 26.3. The number of nitrogens with one attached hydrogen (secondary N) is 1. The summed E-state index contributed by atoms with van der Waals surface area (Å²) in [4.78, 5) is 37.3. The Labute approximate surface area is 224 Å². The Morgan fingerprint density at radius 2 is 1.84 bits per heavy atom. The molecule has 0 aliphatic carbocycles. The van der Waals surface area contributed by atoms with Crippen LogP contribution in [0.15, 0.2) is 72.0 Å². The molecule has 2 amide bonds. The van der Waals surface area contributed by atoms with Gasteiger partial charge < -0.3 is 14.8 Å². The van der Waals surface area contributed by atoms with E-state index < -0.39 is 5.97 Å². The second-order valence-electron chi connectivity index (χ2n) is 7.95. The molecule has 1 aliphatic heterocycles. The fourth-order valence-corrected chi connectivity index (χ4v) is 4.47. The topological polar surface area (TPSA) is 96.4 Å². The average molecular weight is 540 g/mol. The maximum absolute atomic E-state index is 13.4. The minimum atomic E-state index is -0.492. The summed E-state index contributed by atoms with van der Waals surface area (Å²) in [5, 5.41) is 3.92. The van der Waals surface area contributed by atoms with Crippen LogP contribution in [0.5, 0.6) is 11.5 Å². The predicted molar refractivity (Wildman–Crippen MR) is 145 cm³/mol. The lowest BCUT2D eigenvalue weighted by atomic mass is 10.2. The number of nitrogens with zero attached hydrogens (tertiary/aromatic N) is 4. The van der Waals surface area contributed by atoms with Crippen LogP contribution >= 0.6 is 23.4 Å². The molecule has 0 spiro atoms. The molecule has 37 heavy (non-hydrogen) atoms. The van der Waals surface area contributed by atoms with Gasteiger partial charge in [0.1, 0.15) is 11.5 Å². The van der Waals surface area contributed by atoms with Crippen LogP contribution in [-0.2, 0) is 11.3 Å². The standard InChI is InChI=1S/C26H26ClN5O4S/c1-4-31-25(37-3)30-24(32(26(31)34)16-17-5-7-19(27)8-6-17)29-20-9-11-21(12-10-20)36-22-13-18(14-28-15-22)23(33)35-2/h5-15,25H,4,16H2,1-3H3,(H,29,30). The SMILES string of the molecule is CCN1C(=O)N(Cc2ccc(Cl)cc2)C(Nc2ccc(Oc3cncc(C(=O)OC)c3)cc2)=NC1SC. The van der Waals surface area contributed by atoms with Gasteiger partial charge >= 0.3 is 12.0 Å². The second-order valence-corrected chi connectivity index (χ2v) is 9.28. The highest BCUT2D eigenvalue weighted by Crippen LogP contribution is 2.27. The largest absolute Gasteiger partial charge is 0.465 e. The maximum atomic E-state index is 13.4. The van der Waals surface area contributed by atoms with E-state index in [4.69, 9.17) is 26.1 Å². The lowest BCUT2D eigenvalue weighted by Gasteiger charge is -2.38. The number of thioether (sulfide) groups is 1. The summed E-state index contributed by atoms with van der Waals surface area (Å²) in [6.07, 6.45) is 4.85. The van der Waals surface area contributed by atoms with Crippen molar-refractivity contribution in [3.8, 4) is 11.5 Å². The number of hydrogen-bond donors (Lipinski definition) is 1. The molecule has 0 saturated carbocycles. The monoisotopic (exact) mass is 539 g/mol. The van der Waals surface area contributed by atoms with Crippen molar-refractivity contribution in [2.45, 2.75) is 19.0 Å². The molecule has 1 N–H and O–H groups in total. The third kappa shape index (κ3) is 6.33. The number of esters is 1. The predicted octanol–water partition coefficient (Wildman–Crippen LogP) is 5.69. The number of ether oxygens (including phenoxy) is 2. The number of carbonyl (C=O) groups excluding carboxylic acids is 2. The summed E-state index contributed by atoms with van der Waals surface area (Å²) in [6.45, 7) is 2.81. The van der Waals surface area contributed by atoms with Gasteiger partial charge in [0.15, 0.2) is 5.50 Å². The van der Waals surface area contributed by atoms with E-state index in [-0.39, 0.29) is 11.5 Å². The van der Waals surface area contributed by atoms with Gasteiger partial charge in [0.25, 0.3) is 0 Å². The number of carbonyl (C=O) groups is 2. The van der Waals surface area contributed by atoms with Crippen molar-refractivity contribution in [3.63, 3.8) is 0 Å². The Morgan fingerprint density at radius 1 is 1.11 bits per heavy atom. The number of aliphatic imine (C=N–C) groups is 1. The molecule has 2 heterocycles. The third-order valence-electron chi connectivity index (χ3n) is 5.52. The third-order valence-corrected chi connectivity index (χ3v) is 6.55. The molecular weight excluding hydrogens is 514 g/mol. The molecule has 0 bridgehead atoms. The summed E-state index contributed by atoms with van der Waals surface area (Å²) in [5.74, 6) is 0.914. The Hall–Kier alpha value is -3.76. The van der Waals surface area contributed by atoms with Crippen LogP contribution in [0.4, 0.5) is 10.5 Å². The van der Waals surface area contributed by atoms with Crippen LogP contribution < -0.4 is 10.1 Å². The summed E-state index contributed by atoms with van der Waals surface area (Å²) in [5.41, 5.74) is 1.62. The Kier molecular flexibility index (Phi) is 8.52. The molecule has 2 aromatic carbocycles. The lowest BCUT2D eigenvalue weighted by Crippen LogP contribution is -2.55. The number of amides is 2. The molecule has 0 radical (unpaired) electrons. The van der Waals surface area contributed by atoms with Crippen LogP contribution in [0.3, 0.4) is 0 Å². The number of rotatable bonds is 8. The molecule has 1 atom stereocenters. The van der Waals surface area contributed by atoms with E-state index >= 15 is 0 Å². The van der Waals surface area contributed by atoms with Crippen LogP contribution in [0.25, 0.3) is 0 Å². The van der Waals surface area contributed by atoms with E-state index in [1.54, 1.807) is 40.1 Å². The van der Waals surface area contributed by atoms with Crippen molar-refractivity contribution >= 4 is 47.0 Å². The molecule has 11 heteroatoms. The minimum Gasteiger partial charge on any atom is -0.465 e. The van der Waals surface area contributed by atoms with E-state index in [1.165, 1.54) is 31.3 Å². The van der Waals surface area contributed by atoms with Gasteiger partial charge in [0, 0.05) is 23.5 Å². The van der Waals surface area contributed by atoms with Crippen molar-refractivity contribution in [2.24, 2.45) is 4.99 Å². The van der Waals surface area contributed by atoms with Crippen LogP contribution in [0.1, 0.15) is 22.8 Å². The highest BCUT2D eigenvalue weighted by molar-refractivity contribution is 7.99. The Morgan fingerprint density at radius 3 is 2.49 bits per heavy atom. The minimum absolute atomic E-state index is 0.132. The van der Waals surface area contributed by atoms with Crippen molar-refractivity contribution in [1.82, 2.24) is 14.8 Å². The summed E-state index contributed by atoms with van der Waals surface area (Å²) in [6, 6.07) is 16.0. The van der Waals surface area contributed by atoms with Gasteiger partial charge in [-0.05, 0) is 61.2 Å². The molecule has 9 nitrogen and oxygen atoms in total. The van der Waals surface area contributed by atoms with E-state index in [0.29, 0.717) is 41.1 Å². The first-order chi connectivity index (χ1) is 17.9. The van der Waals surface area contributed by atoms with Gasteiger partial charge in [-0.15, -0.1) is 11.8 Å². The highest BCUT2D eigenvalue weighted by Gasteiger charge is 2.34. The molecule has 192 valence electrons. The highest BCUT2D eigenvalue weighted by atomic mass is 35.5. The first-order valence-corrected chi connectivity index (χ1v) is 13.1. The molecule has 1 unspecified atom stereocenters. The molecule has 0 saturated heterocycles. The van der Waals surface area contributed by atoms with Crippen LogP contribution in [-0.4, -0.2) is 58.2 Å². The second kappa shape index (κ2) is 12.0. The van der Waals surface area contributed by atoms with Crippen molar-refractivity contribution in [1.29, 1.82) is 0 Å². The number of anilines is 1. The lowest BCUT2D eigenvalue weighted by molar-refractivity contribution is 0.0600. The number of methoxy groups -OCH3 is 1. The zero-order valence-electron chi connectivity index (χ0n) is 20.6. The summed E-state index contributed by atoms with van der Waals surface area (Å²) < 4.78 is 10.6. The van der Waals surface area contributed by atoms with Gasteiger partial charge in [-0.3, -0.25) is 14.8 Å². The van der Waals surface area contributed by atoms with Crippen molar-refractivity contribution in [2.75, 3.05) is 25.2 Å². The van der Waals surface area contributed by atoms with Gasteiger partial charge in [-0.1, -0.05) is 23.7 Å². The van der Waals surface area contributed by atoms with E-state index in [2.05, 4.69) is 10.3 Å². The summed E-state index contributed by atoms with van der Waals surface area (Å²) in [7, 11) is 1.31.